The number of aliphatic carboxylic acids is 1. The first kappa shape index (κ1) is 16.2. The second kappa shape index (κ2) is 8.11. The number of hydrogen-bond acceptors (Lipinski definition) is 4. The van der Waals surface area contributed by atoms with Gasteiger partial charge >= 0.3 is 11.9 Å². The number of carboxylic acid groups (broad SMARTS) is 1. The lowest BCUT2D eigenvalue weighted by molar-refractivity contribution is -0.139. The summed E-state index contributed by atoms with van der Waals surface area (Å²) in [4.78, 5) is 20.2. The highest BCUT2D eigenvalue weighted by molar-refractivity contribution is 7.80. The fraction of sp³-hybridized carbons (Fsp3) is 0.400. The van der Waals surface area contributed by atoms with Crippen molar-refractivity contribution in [3.05, 3.63) is 24.3 Å². The zero-order chi connectivity index (χ0) is 12.6. The van der Waals surface area contributed by atoms with E-state index in [4.69, 9.17) is 5.11 Å². The van der Waals surface area contributed by atoms with Crippen molar-refractivity contribution in [1.29, 1.82) is 0 Å². The third-order valence-electron chi connectivity index (χ3n) is 0.991. The standard InChI is InChI=1S/C6H10O2S.C4H6O2/c1-4(2)6(7)8-5(3)9;1-3(2)4(5)6/h5,9H,1H2,2-3H3;1H2,2H3,(H,5,6). The number of hydrogen-bond donors (Lipinski definition) is 2. The highest BCUT2D eigenvalue weighted by atomic mass is 32.1. The maximum absolute atomic E-state index is 10.6. The molecule has 0 amide bonds. The molecule has 0 aromatic carbocycles. The van der Waals surface area contributed by atoms with E-state index in [0.717, 1.165) is 0 Å². The van der Waals surface area contributed by atoms with E-state index in [1.807, 2.05) is 0 Å². The Balaban J connectivity index is 0. The van der Waals surface area contributed by atoms with Gasteiger partial charge in [0, 0.05) is 11.1 Å². The molecule has 15 heavy (non-hydrogen) atoms. The van der Waals surface area contributed by atoms with Crippen molar-refractivity contribution in [1.82, 2.24) is 0 Å². The van der Waals surface area contributed by atoms with Crippen LogP contribution in [0.15, 0.2) is 24.3 Å². The second-order valence-corrected chi connectivity index (χ2v) is 3.60. The Kier molecular flexibility index (Phi) is 8.76. The fourth-order valence-electron chi connectivity index (χ4n) is 0.255. The number of thiol groups is 1. The van der Waals surface area contributed by atoms with E-state index in [-0.39, 0.29) is 11.0 Å². The van der Waals surface area contributed by atoms with Crippen LogP contribution in [0.25, 0.3) is 0 Å². The van der Waals surface area contributed by atoms with Crippen LogP contribution in [0, 0.1) is 0 Å². The van der Waals surface area contributed by atoms with Crippen LogP contribution in [0.5, 0.6) is 0 Å². The lowest BCUT2D eigenvalue weighted by Gasteiger charge is -2.04. The van der Waals surface area contributed by atoms with Gasteiger partial charge in [-0.2, -0.15) is 0 Å². The number of ether oxygens (including phenoxy) is 1. The molecule has 0 aliphatic rings. The number of carbonyl (C=O) groups excluding carboxylic acids is 1. The molecule has 0 radical (unpaired) electrons. The molecule has 5 heteroatoms. The van der Waals surface area contributed by atoms with Crippen LogP contribution in [0.2, 0.25) is 0 Å². The van der Waals surface area contributed by atoms with Crippen molar-refractivity contribution < 1.29 is 19.4 Å². The van der Waals surface area contributed by atoms with Gasteiger partial charge in [-0.05, 0) is 20.8 Å². The first-order chi connectivity index (χ1) is 6.68. The molecule has 0 fully saturated rings. The first-order valence-corrected chi connectivity index (χ1v) is 4.63. The summed E-state index contributed by atoms with van der Waals surface area (Å²) in [6.07, 6.45) is 0. The van der Waals surface area contributed by atoms with Gasteiger partial charge in [-0.15, -0.1) is 12.6 Å². The Hall–Kier alpha value is -1.23. The highest BCUT2D eigenvalue weighted by Gasteiger charge is 2.04. The van der Waals surface area contributed by atoms with Crippen molar-refractivity contribution in [2.75, 3.05) is 0 Å². The van der Waals surface area contributed by atoms with E-state index in [1.165, 1.54) is 6.92 Å². The van der Waals surface area contributed by atoms with Crippen LogP contribution in [0.4, 0.5) is 0 Å². The minimum Gasteiger partial charge on any atom is -0.478 e. The average molecular weight is 232 g/mol. The quantitative estimate of drug-likeness (QED) is 0.338. The van der Waals surface area contributed by atoms with E-state index in [2.05, 4.69) is 30.5 Å². The van der Waals surface area contributed by atoms with Crippen molar-refractivity contribution >= 4 is 24.6 Å². The van der Waals surface area contributed by atoms with Gasteiger partial charge in [0.2, 0.25) is 0 Å². The van der Waals surface area contributed by atoms with Gasteiger partial charge in [0.15, 0.2) is 0 Å². The molecular formula is C10H16O4S. The zero-order valence-corrected chi connectivity index (χ0v) is 10.0. The minimum atomic E-state index is -0.935. The van der Waals surface area contributed by atoms with Gasteiger partial charge in [-0.3, -0.25) is 0 Å². The molecule has 0 rings (SSSR count). The van der Waals surface area contributed by atoms with Crippen LogP contribution in [-0.4, -0.2) is 22.5 Å². The van der Waals surface area contributed by atoms with Gasteiger partial charge in [0.05, 0.1) is 0 Å². The normalized spacial score (nSPS) is 10.4. The largest absolute Gasteiger partial charge is 0.478 e. The summed E-state index contributed by atoms with van der Waals surface area (Å²) in [6.45, 7) is 11.3. The molecule has 0 bridgehead atoms. The number of esters is 1. The maximum atomic E-state index is 10.6. The lowest BCUT2D eigenvalue weighted by atomic mass is 10.4. The van der Waals surface area contributed by atoms with Gasteiger partial charge < -0.3 is 9.84 Å². The van der Waals surface area contributed by atoms with Crippen LogP contribution < -0.4 is 0 Å². The summed E-state index contributed by atoms with van der Waals surface area (Å²) in [5, 5.41) is 7.89. The third kappa shape index (κ3) is 12.8. The summed E-state index contributed by atoms with van der Waals surface area (Å²) in [5.74, 6) is -1.33. The van der Waals surface area contributed by atoms with Gasteiger partial charge in [0.1, 0.15) is 5.44 Å². The monoisotopic (exact) mass is 232 g/mol. The number of carboxylic acids is 1. The van der Waals surface area contributed by atoms with Crippen LogP contribution in [0.3, 0.4) is 0 Å². The summed E-state index contributed by atoms with van der Waals surface area (Å²) in [6, 6.07) is 0. The molecule has 0 aromatic rings. The lowest BCUT2D eigenvalue weighted by Crippen LogP contribution is -2.09. The molecule has 1 unspecified atom stereocenters. The minimum absolute atomic E-state index is 0.176. The molecule has 0 saturated carbocycles. The summed E-state index contributed by atoms with van der Waals surface area (Å²) >= 11 is 3.85. The fourth-order valence-corrected chi connectivity index (χ4v) is 0.351. The molecule has 1 N–H and O–H groups in total. The third-order valence-corrected chi connectivity index (χ3v) is 1.10. The molecule has 1 atom stereocenters. The predicted octanol–water partition coefficient (Wildman–Crippen LogP) is 2.03. The number of carbonyl (C=O) groups is 2. The topological polar surface area (TPSA) is 63.6 Å². The zero-order valence-electron chi connectivity index (χ0n) is 9.11. The van der Waals surface area contributed by atoms with Crippen LogP contribution in [0.1, 0.15) is 20.8 Å². The predicted molar refractivity (Wildman–Crippen MR) is 61.8 cm³/mol. The van der Waals surface area contributed by atoms with Crippen molar-refractivity contribution in [3.63, 3.8) is 0 Å². The number of rotatable bonds is 3. The van der Waals surface area contributed by atoms with Crippen molar-refractivity contribution in [2.45, 2.75) is 26.2 Å². The summed E-state index contributed by atoms with van der Waals surface area (Å²) in [5.41, 5.74) is 0.222. The van der Waals surface area contributed by atoms with Crippen LogP contribution >= 0.6 is 12.6 Å². The molecule has 0 spiro atoms. The summed E-state index contributed by atoms with van der Waals surface area (Å²) < 4.78 is 4.64. The van der Waals surface area contributed by atoms with E-state index in [9.17, 15) is 9.59 Å². The molecule has 0 saturated heterocycles. The Morgan fingerprint density at radius 2 is 1.60 bits per heavy atom. The molecule has 0 aliphatic heterocycles. The van der Waals surface area contributed by atoms with Crippen LogP contribution in [-0.2, 0) is 14.3 Å². The first-order valence-electron chi connectivity index (χ1n) is 4.11. The highest BCUT2D eigenvalue weighted by Crippen LogP contribution is 1.99. The van der Waals surface area contributed by atoms with Gasteiger partial charge in [-0.25, -0.2) is 9.59 Å². The molecule has 86 valence electrons. The van der Waals surface area contributed by atoms with E-state index in [0.29, 0.717) is 5.57 Å². The van der Waals surface area contributed by atoms with Crippen molar-refractivity contribution in [3.8, 4) is 0 Å². The smallest absolute Gasteiger partial charge is 0.334 e. The Bertz CT molecular complexity index is 257. The summed E-state index contributed by atoms with van der Waals surface area (Å²) in [7, 11) is 0. The molecule has 0 aliphatic carbocycles. The van der Waals surface area contributed by atoms with Crippen molar-refractivity contribution in [2.24, 2.45) is 0 Å². The Labute approximate surface area is 95.0 Å². The molecule has 0 heterocycles. The SMILES string of the molecule is C=C(C)C(=O)O.C=C(C)C(=O)OC(C)S. The maximum Gasteiger partial charge on any atom is 0.334 e. The Morgan fingerprint density at radius 1 is 1.27 bits per heavy atom. The van der Waals surface area contributed by atoms with E-state index >= 15 is 0 Å². The van der Waals surface area contributed by atoms with E-state index < -0.39 is 11.9 Å². The molecule has 0 aromatic heterocycles. The second-order valence-electron chi connectivity index (χ2n) is 2.87. The molecular weight excluding hydrogens is 216 g/mol. The average Bonchev–Trinajstić information content (AvgIpc) is 2.03. The van der Waals surface area contributed by atoms with Gasteiger partial charge in [-0.1, -0.05) is 13.2 Å². The van der Waals surface area contributed by atoms with E-state index in [1.54, 1.807) is 13.8 Å². The molecule has 4 nitrogen and oxygen atoms in total. The Morgan fingerprint density at radius 3 is 1.67 bits per heavy atom. The van der Waals surface area contributed by atoms with Gasteiger partial charge in [0.25, 0.3) is 0 Å².